The van der Waals surface area contributed by atoms with E-state index in [4.69, 9.17) is 4.74 Å². The molecule has 21 heavy (non-hydrogen) atoms. The van der Waals surface area contributed by atoms with Gasteiger partial charge < -0.3 is 14.6 Å². The van der Waals surface area contributed by atoms with Crippen LogP contribution < -0.4 is 10.1 Å². The van der Waals surface area contributed by atoms with Crippen LogP contribution >= 0.6 is 15.9 Å². The smallest absolute Gasteiger partial charge is 0.272 e. The molecule has 3 rings (SSSR count). The van der Waals surface area contributed by atoms with E-state index in [2.05, 4.69) is 35.1 Å². The van der Waals surface area contributed by atoms with Crippen LogP contribution in [0.25, 0.3) is 0 Å². The number of benzene rings is 1. The number of hydrogen-bond donors (Lipinski definition) is 1. The van der Waals surface area contributed by atoms with Crippen molar-refractivity contribution in [3.05, 3.63) is 46.2 Å². The summed E-state index contributed by atoms with van der Waals surface area (Å²) in [5.74, 6) is 0.814. The molecule has 2 heterocycles. The Morgan fingerprint density at radius 2 is 2.19 bits per heavy atom. The molecular formula is C16H17BrN2O2. The molecule has 0 spiro atoms. The van der Waals surface area contributed by atoms with Crippen LogP contribution in [0.1, 0.15) is 35.9 Å². The van der Waals surface area contributed by atoms with Crippen molar-refractivity contribution < 1.29 is 9.53 Å². The Morgan fingerprint density at radius 1 is 1.38 bits per heavy atom. The van der Waals surface area contributed by atoms with Crippen LogP contribution in [0.4, 0.5) is 5.69 Å². The molecule has 0 aliphatic carbocycles. The number of fused-ring (bicyclic) bond motifs is 1. The normalized spacial score (nSPS) is 13.1. The molecule has 110 valence electrons. The average molecular weight is 349 g/mol. The van der Waals surface area contributed by atoms with Crippen LogP contribution in [0.5, 0.6) is 5.75 Å². The number of carbonyl (C=O) groups is 1. The Labute approximate surface area is 132 Å². The number of rotatable bonds is 3. The Morgan fingerprint density at radius 3 is 2.95 bits per heavy atom. The zero-order valence-corrected chi connectivity index (χ0v) is 13.6. The van der Waals surface area contributed by atoms with Crippen molar-refractivity contribution in [3.8, 4) is 5.75 Å². The first-order chi connectivity index (χ1) is 10.0. The standard InChI is InChI=1S/C16H17BrN2O2/c1-10(2)19-9-12(17)8-14(19)16(20)18-13-3-4-15-11(7-13)5-6-21-15/h3-4,7-10H,5-6H2,1-2H3,(H,18,20). The first kappa shape index (κ1) is 14.2. The molecule has 1 aromatic heterocycles. The van der Waals surface area contributed by atoms with Gasteiger partial charge in [0.25, 0.3) is 5.91 Å². The summed E-state index contributed by atoms with van der Waals surface area (Å²) < 4.78 is 8.33. The molecule has 4 nitrogen and oxygen atoms in total. The third-order valence-electron chi connectivity index (χ3n) is 3.55. The number of carbonyl (C=O) groups excluding carboxylic acids is 1. The molecule has 1 N–H and O–H groups in total. The quantitative estimate of drug-likeness (QED) is 0.910. The van der Waals surface area contributed by atoms with Gasteiger partial charge in [0.2, 0.25) is 0 Å². The van der Waals surface area contributed by atoms with E-state index >= 15 is 0 Å². The molecule has 1 aliphatic heterocycles. The second-order valence-electron chi connectivity index (χ2n) is 5.42. The highest BCUT2D eigenvalue weighted by atomic mass is 79.9. The predicted octanol–water partition coefficient (Wildman–Crippen LogP) is 4.02. The lowest BCUT2D eigenvalue weighted by atomic mass is 10.1. The maximum atomic E-state index is 12.5. The van der Waals surface area contributed by atoms with Crippen molar-refractivity contribution in [2.24, 2.45) is 0 Å². The van der Waals surface area contributed by atoms with Crippen LogP contribution in [0.2, 0.25) is 0 Å². The van der Waals surface area contributed by atoms with E-state index in [1.54, 1.807) is 0 Å². The molecule has 0 atom stereocenters. The molecule has 1 amide bonds. The fourth-order valence-corrected chi connectivity index (χ4v) is 2.95. The lowest BCUT2D eigenvalue weighted by Gasteiger charge is -2.13. The first-order valence-electron chi connectivity index (χ1n) is 6.99. The Hall–Kier alpha value is -1.75. The lowest BCUT2D eigenvalue weighted by Crippen LogP contribution is -2.17. The van der Waals surface area contributed by atoms with Gasteiger partial charge in [-0.1, -0.05) is 0 Å². The number of nitrogens with one attached hydrogen (secondary N) is 1. The summed E-state index contributed by atoms with van der Waals surface area (Å²) in [4.78, 5) is 12.5. The number of anilines is 1. The summed E-state index contributed by atoms with van der Waals surface area (Å²) in [6.07, 6.45) is 2.82. The van der Waals surface area contributed by atoms with Gasteiger partial charge in [-0.2, -0.15) is 0 Å². The molecule has 2 aromatic rings. The lowest BCUT2D eigenvalue weighted by molar-refractivity contribution is 0.101. The van der Waals surface area contributed by atoms with Crippen LogP contribution in [0, 0.1) is 0 Å². The SMILES string of the molecule is CC(C)n1cc(Br)cc1C(=O)Nc1ccc2c(c1)CCO2. The van der Waals surface area contributed by atoms with Gasteiger partial charge >= 0.3 is 0 Å². The second kappa shape index (κ2) is 5.56. The van der Waals surface area contributed by atoms with E-state index in [0.717, 1.165) is 34.5 Å². The van der Waals surface area contributed by atoms with Gasteiger partial charge in [0.05, 0.1) is 6.61 Å². The topological polar surface area (TPSA) is 43.3 Å². The zero-order chi connectivity index (χ0) is 15.0. The maximum Gasteiger partial charge on any atom is 0.272 e. The summed E-state index contributed by atoms with van der Waals surface area (Å²) in [7, 11) is 0. The number of ether oxygens (including phenoxy) is 1. The van der Waals surface area contributed by atoms with Crippen LogP contribution in [0.15, 0.2) is 34.9 Å². The molecule has 0 unspecified atom stereocenters. The van der Waals surface area contributed by atoms with Crippen molar-refractivity contribution >= 4 is 27.5 Å². The molecule has 0 radical (unpaired) electrons. The van der Waals surface area contributed by atoms with E-state index in [-0.39, 0.29) is 11.9 Å². The van der Waals surface area contributed by atoms with E-state index in [1.165, 1.54) is 0 Å². The van der Waals surface area contributed by atoms with E-state index in [1.807, 2.05) is 35.0 Å². The van der Waals surface area contributed by atoms with E-state index in [0.29, 0.717) is 5.69 Å². The Balaban J connectivity index is 1.83. The number of hydrogen-bond acceptors (Lipinski definition) is 2. The first-order valence-corrected chi connectivity index (χ1v) is 7.78. The molecule has 0 saturated carbocycles. The Bertz CT molecular complexity index is 692. The average Bonchev–Trinajstić information content (AvgIpc) is 3.04. The van der Waals surface area contributed by atoms with Gasteiger partial charge in [-0.15, -0.1) is 0 Å². The van der Waals surface area contributed by atoms with Gasteiger partial charge in [-0.3, -0.25) is 4.79 Å². The minimum absolute atomic E-state index is 0.103. The van der Waals surface area contributed by atoms with Gasteiger partial charge in [0.15, 0.2) is 0 Å². The van der Waals surface area contributed by atoms with Crippen LogP contribution in [-0.4, -0.2) is 17.1 Å². The predicted molar refractivity (Wildman–Crippen MR) is 86.1 cm³/mol. The van der Waals surface area contributed by atoms with E-state index in [9.17, 15) is 4.79 Å². The summed E-state index contributed by atoms with van der Waals surface area (Å²) in [5, 5.41) is 2.96. The van der Waals surface area contributed by atoms with E-state index < -0.39 is 0 Å². The second-order valence-corrected chi connectivity index (χ2v) is 6.34. The fourth-order valence-electron chi connectivity index (χ4n) is 2.51. The van der Waals surface area contributed by atoms with Crippen molar-refractivity contribution in [2.45, 2.75) is 26.3 Å². The molecule has 5 heteroatoms. The number of amides is 1. The fraction of sp³-hybridized carbons (Fsp3) is 0.312. The molecule has 0 fully saturated rings. The van der Waals surface area contributed by atoms with Gasteiger partial charge in [0.1, 0.15) is 11.4 Å². The third kappa shape index (κ3) is 2.83. The summed E-state index contributed by atoms with van der Waals surface area (Å²) in [5.41, 5.74) is 2.60. The maximum absolute atomic E-state index is 12.5. The van der Waals surface area contributed by atoms with Crippen molar-refractivity contribution in [1.29, 1.82) is 0 Å². The minimum atomic E-state index is -0.103. The largest absolute Gasteiger partial charge is 0.493 e. The number of nitrogens with zero attached hydrogens (tertiary/aromatic N) is 1. The van der Waals surface area contributed by atoms with Crippen molar-refractivity contribution in [3.63, 3.8) is 0 Å². The highest BCUT2D eigenvalue weighted by molar-refractivity contribution is 9.10. The minimum Gasteiger partial charge on any atom is -0.493 e. The molecule has 0 bridgehead atoms. The third-order valence-corrected chi connectivity index (χ3v) is 3.99. The molecular weight excluding hydrogens is 332 g/mol. The highest BCUT2D eigenvalue weighted by Crippen LogP contribution is 2.28. The summed E-state index contributed by atoms with van der Waals surface area (Å²) in [6.45, 7) is 4.82. The number of halogens is 1. The number of aromatic nitrogens is 1. The van der Waals surface area contributed by atoms with Gasteiger partial charge in [-0.25, -0.2) is 0 Å². The summed E-state index contributed by atoms with van der Waals surface area (Å²) >= 11 is 3.43. The monoisotopic (exact) mass is 348 g/mol. The molecule has 0 saturated heterocycles. The highest BCUT2D eigenvalue weighted by Gasteiger charge is 2.17. The van der Waals surface area contributed by atoms with Crippen molar-refractivity contribution in [2.75, 3.05) is 11.9 Å². The molecule has 1 aromatic carbocycles. The van der Waals surface area contributed by atoms with Gasteiger partial charge in [0, 0.05) is 28.8 Å². The zero-order valence-electron chi connectivity index (χ0n) is 12.0. The Kier molecular flexibility index (Phi) is 3.76. The van der Waals surface area contributed by atoms with Crippen LogP contribution in [-0.2, 0) is 6.42 Å². The van der Waals surface area contributed by atoms with Gasteiger partial charge in [-0.05, 0) is 59.6 Å². The van der Waals surface area contributed by atoms with Crippen LogP contribution in [0.3, 0.4) is 0 Å². The van der Waals surface area contributed by atoms with Crippen molar-refractivity contribution in [1.82, 2.24) is 4.57 Å². The molecule has 1 aliphatic rings. The summed E-state index contributed by atoms with van der Waals surface area (Å²) in [6, 6.07) is 7.84.